The minimum atomic E-state index is -0.205. The third-order valence-electron chi connectivity index (χ3n) is 5.75. The van der Waals surface area contributed by atoms with Gasteiger partial charge in [0, 0.05) is 33.3 Å². The molecule has 4 heterocycles. The van der Waals surface area contributed by atoms with Crippen molar-refractivity contribution in [1.82, 2.24) is 19.7 Å². The molecule has 0 radical (unpaired) electrons. The Kier molecular flexibility index (Phi) is 5.76. The van der Waals surface area contributed by atoms with Crippen LogP contribution in [-0.2, 0) is 11.8 Å². The summed E-state index contributed by atoms with van der Waals surface area (Å²) in [6.07, 6.45) is 0.231. The molecule has 176 valence electrons. The summed E-state index contributed by atoms with van der Waals surface area (Å²) in [4.78, 5) is 24.2. The van der Waals surface area contributed by atoms with E-state index in [-0.39, 0.29) is 11.7 Å². The number of halogens is 1. The summed E-state index contributed by atoms with van der Waals surface area (Å²) >= 11 is 6.28. The molecule has 0 aliphatic carbocycles. The van der Waals surface area contributed by atoms with Crippen molar-refractivity contribution in [3.05, 3.63) is 57.8 Å². The van der Waals surface area contributed by atoms with Crippen LogP contribution in [0, 0.1) is 0 Å². The zero-order chi connectivity index (χ0) is 23.8. The van der Waals surface area contributed by atoms with E-state index in [2.05, 4.69) is 25.6 Å². The van der Waals surface area contributed by atoms with E-state index in [4.69, 9.17) is 26.1 Å². The lowest BCUT2D eigenvalue weighted by Gasteiger charge is -2.39. The van der Waals surface area contributed by atoms with Crippen LogP contribution < -0.4 is 25.8 Å². The highest BCUT2D eigenvalue weighted by atomic mass is 35.5. The van der Waals surface area contributed by atoms with E-state index >= 15 is 0 Å². The Morgan fingerprint density at radius 1 is 1.06 bits per heavy atom. The number of ether oxygens (including phenoxy) is 2. The van der Waals surface area contributed by atoms with Gasteiger partial charge in [-0.05, 0) is 24.3 Å². The van der Waals surface area contributed by atoms with Crippen LogP contribution in [0.2, 0.25) is 5.02 Å². The average Bonchev–Trinajstić information content (AvgIpc) is 3.07. The molecule has 10 nitrogen and oxygen atoms in total. The number of aromatic amines is 1. The monoisotopic (exact) mass is 481 g/mol. The highest BCUT2D eigenvalue weighted by Gasteiger charge is 2.27. The molecule has 5 rings (SSSR count). The van der Waals surface area contributed by atoms with Crippen molar-refractivity contribution in [2.24, 2.45) is 7.05 Å². The summed E-state index contributed by atoms with van der Waals surface area (Å²) in [6.45, 7) is 1.61. The second kappa shape index (κ2) is 8.88. The van der Waals surface area contributed by atoms with E-state index in [0.717, 1.165) is 18.9 Å². The lowest BCUT2D eigenvalue weighted by Crippen LogP contribution is -2.52. The molecular weight excluding hydrogens is 458 g/mol. The van der Waals surface area contributed by atoms with Gasteiger partial charge in [-0.3, -0.25) is 14.6 Å². The molecule has 4 aromatic rings. The number of hydrogen-bond donors (Lipinski definition) is 3. The first-order valence-corrected chi connectivity index (χ1v) is 11.1. The number of hydrogen-bond acceptors (Lipinski definition) is 8. The summed E-state index contributed by atoms with van der Waals surface area (Å²) in [5, 5.41) is 10.4. The Morgan fingerprint density at radius 3 is 2.62 bits per heavy atom. The zero-order valence-electron chi connectivity index (χ0n) is 18.9. The first kappa shape index (κ1) is 22.1. The van der Waals surface area contributed by atoms with Gasteiger partial charge in [0.2, 0.25) is 0 Å². The highest BCUT2D eigenvalue weighted by Crippen LogP contribution is 2.36. The van der Waals surface area contributed by atoms with E-state index in [1.54, 1.807) is 39.5 Å². The highest BCUT2D eigenvalue weighted by molar-refractivity contribution is 6.32. The number of H-pyrrole nitrogens is 1. The number of nitrogens with one attached hydrogen (secondary N) is 3. The second-order valence-corrected chi connectivity index (χ2v) is 8.38. The van der Waals surface area contributed by atoms with Crippen molar-refractivity contribution in [2.75, 3.05) is 42.8 Å². The Balaban J connectivity index is 1.50. The molecule has 1 aliphatic heterocycles. The van der Waals surface area contributed by atoms with Crippen molar-refractivity contribution in [1.29, 1.82) is 0 Å². The Bertz CT molecular complexity index is 1410. The van der Waals surface area contributed by atoms with Crippen molar-refractivity contribution in [3.8, 4) is 5.75 Å². The molecule has 0 bridgehead atoms. The maximum absolute atomic E-state index is 12.8. The van der Waals surface area contributed by atoms with Gasteiger partial charge in [-0.15, -0.1) is 0 Å². The van der Waals surface area contributed by atoms with Crippen LogP contribution in [0.1, 0.15) is 0 Å². The van der Waals surface area contributed by atoms with Crippen LogP contribution in [0.5, 0.6) is 5.75 Å². The smallest absolute Gasteiger partial charge is 0.277 e. The molecule has 3 N–H and O–H groups in total. The standard InChI is InChI=1S/C23H24ClN7O3/c1-30-23(32)20-16(25-15-7-4-6-14(24)21(15)34-3)10-18(28-22(20)29-30)26-17-8-5-9-19(27-17)31-11-13(12-31)33-2/h4-10,13H,11-12H2,1-3H3,(H3,25,26,27,28,29). The summed E-state index contributed by atoms with van der Waals surface area (Å²) in [5.41, 5.74) is 1.41. The Hall–Kier alpha value is -3.76. The third kappa shape index (κ3) is 4.02. The largest absolute Gasteiger partial charge is 0.493 e. The lowest BCUT2D eigenvalue weighted by atomic mass is 10.1. The number of pyridine rings is 2. The second-order valence-electron chi connectivity index (χ2n) is 7.97. The molecular formula is C23H24ClN7O3. The third-order valence-corrected chi connectivity index (χ3v) is 6.05. The van der Waals surface area contributed by atoms with Gasteiger partial charge in [0.05, 0.1) is 29.6 Å². The number of methoxy groups -OCH3 is 2. The van der Waals surface area contributed by atoms with E-state index in [9.17, 15) is 4.79 Å². The van der Waals surface area contributed by atoms with Crippen LogP contribution in [-0.4, -0.2) is 53.2 Å². The summed E-state index contributed by atoms with van der Waals surface area (Å²) < 4.78 is 12.2. The molecule has 1 fully saturated rings. The number of nitrogens with zero attached hydrogens (tertiary/aromatic N) is 4. The summed E-state index contributed by atoms with van der Waals surface area (Å²) in [5.74, 6) is 2.49. The van der Waals surface area contributed by atoms with Crippen molar-refractivity contribution < 1.29 is 9.47 Å². The van der Waals surface area contributed by atoms with Gasteiger partial charge in [0.25, 0.3) is 5.56 Å². The number of aromatic nitrogens is 4. The SMILES string of the molecule is COc1c(Cl)cccc1Nc1cc(Nc2cccc(N3CC(OC)C3)n2)nc2[nH]n(C)c(=O)c12. The molecule has 1 aromatic carbocycles. The van der Waals surface area contributed by atoms with Gasteiger partial charge in [-0.25, -0.2) is 9.97 Å². The van der Waals surface area contributed by atoms with E-state index < -0.39 is 0 Å². The normalized spacial score (nSPS) is 13.7. The first-order valence-electron chi connectivity index (χ1n) is 10.7. The number of fused-ring (bicyclic) bond motifs is 1. The van der Waals surface area contributed by atoms with Gasteiger partial charge in [0.15, 0.2) is 11.4 Å². The summed E-state index contributed by atoms with van der Waals surface area (Å²) in [7, 11) is 4.91. The van der Waals surface area contributed by atoms with Crippen LogP contribution in [0.4, 0.5) is 28.8 Å². The van der Waals surface area contributed by atoms with Crippen molar-refractivity contribution in [3.63, 3.8) is 0 Å². The van der Waals surface area contributed by atoms with Crippen LogP contribution >= 0.6 is 11.6 Å². The number of benzene rings is 1. The van der Waals surface area contributed by atoms with Gasteiger partial charge in [0.1, 0.15) is 22.8 Å². The van der Waals surface area contributed by atoms with Gasteiger partial charge in [-0.1, -0.05) is 23.7 Å². The van der Waals surface area contributed by atoms with Crippen LogP contribution in [0.15, 0.2) is 47.3 Å². The quantitative estimate of drug-likeness (QED) is 0.367. The molecule has 1 aliphatic rings. The molecule has 0 atom stereocenters. The van der Waals surface area contributed by atoms with Crippen LogP contribution in [0.25, 0.3) is 11.0 Å². The topological polar surface area (TPSA) is 109 Å². The van der Waals surface area contributed by atoms with Crippen molar-refractivity contribution >= 4 is 51.5 Å². The Labute approximate surface area is 200 Å². The molecule has 0 saturated carbocycles. The fraction of sp³-hybridized carbons (Fsp3) is 0.261. The molecule has 0 amide bonds. The van der Waals surface area contributed by atoms with Gasteiger partial charge < -0.3 is 25.0 Å². The molecule has 0 spiro atoms. The maximum atomic E-state index is 12.8. The molecule has 1 saturated heterocycles. The summed E-state index contributed by atoms with van der Waals surface area (Å²) in [6, 6.07) is 12.9. The van der Waals surface area contributed by atoms with Crippen molar-refractivity contribution in [2.45, 2.75) is 6.10 Å². The predicted molar refractivity (Wildman–Crippen MR) is 133 cm³/mol. The Morgan fingerprint density at radius 2 is 1.85 bits per heavy atom. The predicted octanol–water partition coefficient (Wildman–Crippen LogP) is 3.64. The fourth-order valence-corrected chi connectivity index (χ4v) is 4.17. The minimum absolute atomic E-state index is 0.205. The maximum Gasteiger partial charge on any atom is 0.277 e. The van der Waals surface area contributed by atoms with Gasteiger partial charge >= 0.3 is 0 Å². The number of aryl methyl sites for hydroxylation is 1. The van der Waals surface area contributed by atoms with E-state index in [1.807, 2.05) is 24.3 Å². The lowest BCUT2D eigenvalue weighted by molar-refractivity contribution is 0.0783. The number of anilines is 5. The molecule has 34 heavy (non-hydrogen) atoms. The number of rotatable bonds is 7. The van der Waals surface area contributed by atoms with E-state index in [1.165, 1.54) is 4.68 Å². The van der Waals surface area contributed by atoms with Gasteiger partial charge in [-0.2, -0.15) is 0 Å². The molecule has 0 unspecified atom stereocenters. The zero-order valence-corrected chi connectivity index (χ0v) is 19.7. The first-order chi connectivity index (χ1) is 16.5. The molecule has 11 heteroatoms. The fourth-order valence-electron chi connectivity index (χ4n) is 3.92. The average molecular weight is 482 g/mol. The number of para-hydroxylation sites is 1. The molecule has 3 aromatic heterocycles. The van der Waals surface area contributed by atoms with E-state index in [0.29, 0.717) is 44.8 Å². The minimum Gasteiger partial charge on any atom is -0.493 e. The van der Waals surface area contributed by atoms with Crippen LogP contribution in [0.3, 0.4) is 0 Å².